The molecule has 18 heavy (non-hydrogen) atoms. The first kappa shape index (κ1) is 17.4. The Bertz CT molecular complexity index is 219. The third-order valence-corrected chi connectivity index (χ3v) is 3.03. The zero-order valence-corrected chi connectivity index (χ0v) is 11.7. The number of aliphatic hydroxyl groups is 2. The molecule has 2 atom stereocenters. The van der Waals surface area contributed by atoms with Crippen molar-refractivity contribution >= 4 is 5.97 Å². The van der Waals surface area contributed by atoms with Crippen LogP contribution in [0.4, 0.5) is 0 Å². The third-order valence-electron chi connectivity index (χ3n) is 3.03. The van der Waals surface area contributed by atoms with E-state index in [1.807, 2.05) is 13.8 Å². The molecule has 0 rings (SSSR count). The van der Waals surface area contributed by atoms with Crippen LogP contribution in [-0.4, -0.2) is 48.1 Å². The van der Waals surface area contributed by atoms with E-state index in [2.05, 4.69) is 5.32 Å². The Morgan fingerprint density at radius 2 is 1.78 bits per heavy atom. The van der Waals surface area contributed by atoms with Gasteiger partial charge in [-0.1, -0.05) is 26.7 Å². The van der Waals surface area contributed by atoms with E-state index >= 15 is 0 Å². The van der Waals surface area contributed by atoms with Crippen molar-refractivity contribution in [1.29, 1.82) is 0 Å². The van der Waals surface area contributed by atoms with Gasteiger partial charge < -0.3 is 20.3 Å². The van der Waals surface area contributed by atoms with E-state index < -0.39 is 18.2 Å². The third kappa shape index (κ3) is 7.63. The largest absolute Gasteiger partial charge is 0.466 e. The quantitative estimate of drug-likeness (QED) is 0.504. The minimum Gasteiger partial charge on any atom is -0.466 e. The van der Waals surface area contributed by atoms with Crippen LogP contribution in [0, 0.1) is 5.92 Å². The van der Waals surface area contributed by atoms with Crippen LogP contribution >= 0.6 is 0 Å². The van der Waals surface area contributed by atoms with Crippen molar-refractivity contribution in [2.24, 2.45) is 5.92 Å². The highest BCUT2D eigenvalue weighted by atomic mass is 16.5. The molecular formula is C13H27NO4. The lowest BCUT2D eigenvalue weighted by molar-refractivity contribution is -0.145. The number of nitrogens with one attached hydrogen (secondary N) is 1. The average Bonchev–Trinajstić information content (AvgIpc) is 2.30. The highest BCUT2D eigenvalue weighted by Crippen LogP contribution is 2.12. The SMILES string of the molecule is CCOC(=O)CC(O)CNCC(O)C(CC)CC. The van der Waals surface area contributed by atoms with Gasteiger partial charge >= 0.3 is 5.97 Å². The van der Waals surface area contributed by atoms with Gasteiger partial charge in [-0.25, -0.2) is 0 Å². The van der Waals surface area contributed by atoms with Gasteiger partial charge in [0, 0.05) is 13.1 Å². The zero-order valence-electron chi connectivity index (χ0n) is 11.7. The van der Waals surface area contributed by atoms with E-state index in [0.29, 0.717) is 13.2 Å². The van der Waals surface area contributed by atoms with Crippen molar-refractivity contribution in [1.82, 2.24) is 5.32 Å². The monoisotopic (exact) mass is 261 g/mol. The molecule has 3 N–H and O–H groups in total. The lowest BCUT2D eigenvalue weighted by Crippen LogP contribution is -2.37. The second-order valence-electron chi connectivity index (χ2n) is 4.47. The fraction of sp³-hybridized carbons (Fsp3) is 0.923. The van der Waals surface area contributed by atoms with Crippen molar-refractivity contribution < 1.29 is 19.7 Å². The molecule has 0 fully saturated rings. The summed E-state index contributed by atoms with van der Waals surface area (Å²) in [4.78, 5) is 11.1. The molecule has 0 aliphatic rings. The van der Waals surface area contributed by atoms with Crippen molar-refractivity contribution in [2.75, 3.05) is 19.7 Å². The highest BCUT2D eigenvalue weighted by molar-refractivity contribution is 5.69. The Kier molecular flexibility index (Phi) is 9.92. The van der Waals surface area contributed by atoms with E-state index in [1.54, 1.807) is 6.92 Å². The van der Waals surface area contributed by atoms with Gasteiger partial charge in [0.1, 0.15) is 0 Å². The summed E-state index contributed by atoms with van der Waals surface area (Å²) in [5.74, 6) is -0.118. The van der Waals surface area contributed by atoms with E-state index in [9.17, 15) is 15.0 Å². The predicted molar refractivity (Wildman–Crippen MR) is 70.2 cm³/mol. The van der Waals surface area contributed by atoms with Crippen LogP contribution in [0.5, 0.6) is 0 Å². The molecule has 0 aliphatic heterocycles. The summed E-state index contributed by atoms with van der Waals surface area (Å²) < 4.78 is 4.74. The number of carbonyl (C=O) groups excluding carboxylic acids is 1. The lowest BCUT2D eigenvalue weighted by atomic mass is 9.96. The Hall–Kier alpha value is -0.650. The predicted octanol–water partition coefficient (Wildman–Crippen LogP) is 0.687. The van der Waals surface area contributed by atoms with Crippen LogP contribution in [0.3, 0.4) is 0 Å². The number of ether oxygens (including phenoxy) is 1. The maximum absolute atomic E-state index is 11.1. The molecular weight excluding hydrogens is 234 g/mol. The van der Waals surface area contributed by atoms with Crippen LogP contribution in [0.15, 0.2) is 0 Å². The maximum Gasteiger partial charge on any atom is 0.308 e. The summed E-state index contributed by atoms with van der Waals surface area (Å²) in [5.41, 5.74) is 0. The van der Waals surface area contributed by atoms with Crippen LogP contribution in [0.25, 0.3) is 0 Å². The normalized spacial score (nSPS) is 14.6. The molecule has 5 nitrogen and oxygen atoms in total. The van der Waals surface area contributed by atoms with Crippen molar-refractivity contribution in [3.8, 4) is 0 Å². The first-order chi connectivity index (χ1) is 8.54. The number of carbonyl (C=O) groups is 1. The van der Waals surface area contributed by atoms with Gasteiger partial charge in [-0.2, -0.15) is 0 Å². The maximum atomic E-state index is 11.1. The van der Waals surface area contributed by atoms with E-state index in [1.165, 1.54) is 0 Å². The van der Waals surface area contributed by atoms with E-state index in [0.717, 1.165) is 12.8 Å². The fourth-order valence-electron chi connectivity index (χ4n) is 1.88. The first-order valence-electron chi connectivity index (χ1n) is 6.77. The molecule has 0 spiro atoms. The number of esters is 1. The lowest BCUT2D eigenvalue weighted by Gasteiger charge is -2.21. The molecule has 0 aromatic rings. The van der Waals surface area contributed by atoms with Gasteiger partial charge in [0.2, 0.25) is 0 Å². The molecule has 0 saturated heterocycles. The van der Waals surface area contributed by atoms with Crippen molar-refractivity contribution in [2.45, 2.75) is 52.2 Å². The number of hydrogen-bond acceptors (Lipinski definition) is 5. The van der Waals surface area contributed by atoms with Crippen LogP contribution < -0.4 is 5.32 Å². The van der Waals surface area contributed by atoms with Gasteiger partial charge in [0.25, 0.3) is 0 Å². The van der Waals surface area contributed by atoms with E-state index in [-0.39, 0.29) is 18.9 Å². The van der Waals surface area contributed by atoms with Gasteiger partial charge in [0.05, 0.1) is 25.2 Å². The van der Waals surface area contributed by atoms with Gasteiger partial charge in [-0.3, -0.25) is 4.79 Å². The number of hydrogen-bond donors (Lipinski definition) is 3. The second-order valence-corrected chi connectivity index (χ2v) is 4.47. The standard InChI is InChI=1S/C13H27NO4/c1-4-10(5-2)12(16)9-14-8-11(15)7-13(17)18-6-3/h10-12,14-16H,4-9H2,1-3H3. The second kappa shape index (κ2) is 10.3. The molecule has 0 heterocycles. The highest BCUT2D eigenvalue weighted by Gasteiger charge is 2.16. The zero-order chi connectivity index (χ0) is 14.0. The summed E-state index contributed by atoms with van der Waals surface area (Å²) in [6.45, 7) is 6.88. The molecule has 0 aromatic carbocycles. The number of rotatable bonds is 10. The Balaban J connectivity index is 3.73. The molecule has 0 saturated carbocycles. The molecule has 0 aliphatic carbocycles. The smallest absolute Gasteiger partial charge is 0.308 e. The van der Waals surface area contributed by atoms with E-state index in [4.69, 9.17) is 4.74 Å². The summed E-state index contributed by atoms with van der Waals surface area (Å²) in [7, 11) is 0. The van der Waals surface area contributed by atoms with Crippen LogP contribution in [0.2, 0.25) is 0 Å². The van der Waals surface area contributed by atoms with Gasteiger partial charge in [-0.15, -0.1) is 0 Å². The topological polar surface area (TPSA) is 78.8 Å². The Labute approximate surface area is 110 Å². The average molecular weight is 261 g/mol. The molecule has 5 heteroatoms. The summed E-state index contributed by atoms with van der Waals surface area (Å²) >= 11 is 0. The summed E-state index contributed by atoms with van der Waals surface area (Å²) in [6, 6.07) is 0. The molecule has 0 radical (unpaired) electrons. The molecule has 0 bridgehead atoms. The molecule has 0 aromatic heterocycles. The Morgan fingerprint density at radius 1 is 1.17 bits per heavy atom. The molecule has 0 amide bonds. The summed E-state index contributed by atoms with van der Waals surface area (Å²) in [5, 5.41) is 22.4. The minimum absolute atomic E-state index is 0.0120. The molecule has 108 valence electrons. The molecule has 2 unspecified atom stereocenters. The summed E-state index contributed by atoms with van der Waals surface area (Å²) in [6.07, 6.45) is 0.685. The minimum atomic E-state index is -0.766. The first-order valence-corrected chi connectivity index (χ1v) is 6.77. The van der Waals surface area contributed by atoms with Crippen molar-refractivity contribution in [3.63, 3.8) is 0 Å². The fourth-order valence-corrected chi connectivity index (χ4v) is 1.88. The van der Waals surface area contributed by atoms with Gasteiger partial charge in [0.15, 0.2) is 0 Å². The Morgan fingerprint density at radius 3 is 2.28 bits per heavy atom. The van der Waals surface area contributed by atoms with Crippen LogP contribution in [-0.2, 0) is 9.53 Å². The van der Waals surface area contributed by atoms with Crippen LogP contribution in [0.1, 0.15) is 40.0 Å². The van der Waals surface area contributed by atoms with Crippen molar-refractivity contribution in [3.05, 3.63) is 0 Å². The van der Waals surface area contributed by atoms with Gasteiger partial charge in [-0.05, 0) is 12.8 Å². The number of aliphatic hydroxyl groups excluding tert-OH is 2.